The number of nitrogens with zero attached hydrogens (tertiary/aromatic N) is 1. The second kappa shape index (κ2) is 6.78. The molecule has 0 aliphatic carbocycles. The highest BCUT2D eigenvalue weighted by Crippen LogP contribution is 2.15. The van der Waals surface area contributed by atoms with Crippen LogP contribution in [0.15, 0.2) is 16.7 Å². The van der Waals surface area contributed by atoms with Gasteiger partial charge in [-0.25, -0.2) is 9.37 Å². The Labute approximate surface area is 102 Å². The number of halogens is 2. The SMILES string of the molecule is CC(O)CNCCNc1ncc(Br)cc1F. The first kappa shape index (κ1) is 13.3. The molecule has 1 rings (SSSR count). The maximum absolute atomic E-state index is 13.3. The second-order valence-electron chi connectivity index (χ2n) is 3.46. The Morgan fingerprint density at radius 2 is 2.31 bits per heavy atom. The van der Waals surface area contributed by atoms with Crippen molar-refractivity contribution in [2.45, 2.75) is 13.0 Å². The van der Waals surface area contributed by atoms with Crippen molar-refractivity contribution >= 4 is 21.7 Å². The Balaban J connectivity index is 2.27. The molecule has 4 nitrogen and oxygen atoms in total. The lowest BCUT2D eigenvalue weighted by Crippen LogP contribution is -2.29. The monoisotopic (exact) mass is 291 g/mol. The smallest absolute Gasteiger partial charge is 0.166 e. The van der Waals surface area contributed by atoms with Crippen molar-refractivity contribution in [3.8, 4) is 0 Å². The van der Waals surface area contributed by atoms with Crippen molar-refractivity contribution in [3.63, 3.8) is 0 Å². The molecule has 0 bridgehead atoms. The van der Waals surface area contributed by atoms with Gasteiger partial charge in [-0.3, -0.25) is 0 Å². The van der Waals surface area contributed by atoms with Gasteiger partial charge in [0.2, 0.25) is 0 Å². The highest BCUT2D eigenvalue weighted by atomic mass is 79.9. The van der Waals surface area contributed by atoms with E-state index >= 15 is 0 Å². The summed E-state index contributed by atoms with van der Waals surface area (Å²) in [6.07, 6.45) is 1.16. The van der Waals surface area contributed by atoms with Gasteiger partial charge in [0.15, 0.2) is 11.6 Å². The van der Waals surface area contributed by atoms with Crippen LogP contribution in [-0.4, -0.2) is 35.8 Å². The van der Waals surface area contributed by atoms with Crippen LogP contribution in [0.4, 0.5) is 10.2 Å². The first-order valence-corrected chi connectivity index (χ1v) is 5.82. The van der Waals surface area contributed by atoms with E-state index in [1.165, 1.54) is 12.3 Å². The third-order valence-electron chi connectivity index (χ3n) is 1.84. The van der Waals surface area contributed by atoms with E-state index < -0.39 is 0 Å². The van der Waals surface area contributed by atoms with Crippen LogP contribution in [0.1, 0.15) is 6.92 Å². The fraction of sp³-hybridized carbons (Fsp3) is 0.500. The lowest BCUT2D eigenvalue weighted by Gasteiger charge is -2.09. The van der Waals surface area contributed by atoms with E-state index in [0.29, 0.717) is 24.1 Å². The third-order valence-corrected chi connectivity index (χ3v) is 2.28. The highest BCUT2D eigenvalue weighted by molar-refractivity contribution is 9.10. The standard InChI is InChI=1S/C10H15BrFN3O/c1-7(16)5-13-2-3-14-10-9(12)4-8(11)6-15-10/h4,6-7,13,16H,2-3,5H2,1H3,(H,14,15). The molecule has 0 saturated heterocycles. The predicted molar refractivity (Wildman–Crippen MR) is 64.9 cm³/mol. The highest BCUT2D eigenvalue weighted by Gasteiger charge is 2.03. The van der Waals surface area contributed by atoms with Gasteiger partial charge in [0.05, 0.1) is 6.10 Å². The van der Waals surface area contributed by atoms with E-state index in [1.54, 1.807) is 6.92 Å². The van der Waals surface area contributed by atoms with E-state index in [-0.39, 0.29) is 17.7 Å². The summed E-state index contributed by atoms with van der Waals surface area (Å²) >= 11 is 3.13. The summed E-state index contributed by atoms with van der Waals surface area (Å²) in [7, 11) is 0. The van der Waals surface area contributed by atoms with E-state index in [2.05, 4.69) is 31.5 Å². The van der Waals surface area contributed by atoms with Gasteiger partial charge in [-0.15, -0.1) is 0 Å². The summed E-state index contributed by atoms with van der Waals surface area (Å²) in [5.74, 6) is -0.146. The molecule has 0 aromatic carbocycles. The summed E-state index contributed by atoms with van der Waals surface area (Å²) in [4.78, 5) is 3.90. The van der Waals surface area contributed by atoms with Gasteiger partial charge in [0.25, 0.3) is 0 Å². The van der Waals surface area contributed by atoms with Gasteiger partial charge in [0, 0.05) is 30.3 Å². The van der Waals surface area contributed by atoms with Crippen LogP contribution in [0.2, 0.25) is 0 Å². The zero-order valence-corrected chi connectivity index (χ0v) is 10.6. The van der Waals surface area contributed by atoms with Crippen molar-refractivity contribution in [2.75, 3.05) is 25.0 Å². The van der Waals surface area contributed by atoms with Gasteiger partial charge < -0.3 is 15.7 Å². The van der Waals surface area contributed by atoms with Crippen LogP contribution in [0.3, 0.4) is 0 Å². The Morgan fingerprint density at radius 1 is 1.56 bits per heavy atom. The Kier molecular flexibility index (Phi) is 5.65. The molecular weight excluding hydrogens is 277 g/mol. The predicted octanol–water partition coefficient (Wildman–Crippen LogP) is 1.37. The Bertz CT molecular complexity index is 336. The van der Waals surface area contributed by atoms with Crippen molar-refractivity contribution in [3.05, 3.63) is 22.6 Å². The zero-order chi connectivity index (χ0) is 12.0. The number of hydrogen-bond donors (Lipinski definition) is 3. The largest absolute Gasteiger partial charge is 0.392 e. The third kappa shape index (κ3) is 4.87. The molecule has 0 aliphatic rings. The second-order valence-corrected chi connectivity index (χ2v) is 4.38. The first-order chi connectivity index (χ1) is 7.59. The molecule has 1 atom stereocenters. The van der Waals surface area contributed by atoms with Gasteiger partial charge in [0.1, 0.15) is 0 Å². The molecule has 0 spiro atoms. The fourth-order valence-corrected chi connectivity index (χ4v) is 1.43. The minimum absolute atomic E-state index is 0.238. The number of anilines is 1. The molecule has 0 amide bonds. The van der Waals surface area contributed by atoms with Gasteiger partial charge in [-0.2, -0.15) is 0 Å². The average molecular weight is 292 g/mol. The number of aliphatic hydroxyl groups is 1. The van der Waals surface area contributed by atoms with Gasteiger partial charge >= 0.3 is 0 Å². The van der Waals surface area contributed by atoms with Crippen molar-refractivity contribution in [1.82, 2.24) is 10.3 Å². The molecule has 0 saturated carbocycles. The molecule has 0 aliphatic heterocycles. The number of aliphatic hydroxyl groups excluding tert-OH is 1. The van der Waals surface area contributed by atoms with Crippen LogP contribution in [-0.2, 0) is 0 Å². The zero-order valence-electron chi connectivity index (χ0n) is 9.00. The normalized spacial score (nSPS) is 12.5. The molecule has 1 heterocycles. The lowest BCUT2D eigenvalue weighted by molar-refractivity contribution is 0.192. The quantitative estimate of drug-likeness (QED) is 0.693. The summed E-state index contributed by atoms with van der Waals surface area (Å²) in [5, 5.41) is 14.9. The minimum atomic E-state index is -0.384. The average Bonchev–Trinajstić information content (AvgIpc) is 2.20. The molecule has 1 aromatic heterocycles. The molecule has 0 radical (unpaired) electrons. The molecule has 16 heavy (non-hydrogen) atoms. The summed E-state index contributed by atoms with van der Waals surface area (Å²) in [5.41, 5.74) is 0. The van der Waals surface area contributed by atoms with Crippen LogP contribution in [0.25, 0.3) is 0 Å². The van der Waals surface area contributed by atoms with Crippen LogP contribution in [0.5, 0.6) is 0 Å². The van der Waals surface area contributed by atoms with E-state index in [1.807, 2.05) is 0 Å². The maximum Gasteiger partial charge on any atom is 0.166 e. The number of rotatable bonds is 6. The molecule has 1 unspecified atom stereocenters. The summed E-state index contributed by atoms with van der Waals surface area (Å²) in [6.45, 7) is 3.43. The van der Waals surface area contributed by atoms with Crippen molar-refractivity contribution in [2.24, 2.45) is 0 Å². The molecule has 6 heteroatoms. The minimum Gasteiger partial charge on any atom is -0.392 e. The molecule has 3 N–H and O–H groups in total. The molecule has 90 valence electrons. The van der Waals surface area contributed by atoms with Crippen LogP contribution < -0.4 is 10.6 Å². The fourth-order valence-electron chi connectivity index (χ4n) is 1.12. The van der Waals surface area contributed by atoms with Crippen LogP contribution >= 0.6 is 15.9 Å². The van der Waals surface area contributed by atoms with Crippen molar-refractivity contribution in [1.29, 1.82) is 0 Å². The van der Waals surface area contributed by atoms with E-state index in [4.69, 9.17) is 5.11 Å². The summed E-state index contributed by atoms with van der Waals surface area (Å²) in [6, 6.07) is 1.36. The first-order valence-electron chi connectivity index (χ1n) is 5.03. The number of aromatic nitrogens is 1. The number of nitrogens with one attached hydrogen (secondary N) is 2. The number of hydrogen-bond acceptors (Lipinski definition) is 4. The Hall–Kier alpha value is -0.720. The number of pyridine rings is 1. The molecule has 0 fully saturated rings. The topological polar surface area (TPSA) is 57.2 Å². The van der Waals surface area contributed by atoms with E-state index in [9.17, 15) is 4.39 Å². The Morgan fingerprint density at radius 3 is 2.94 bits per heavy atom. The molecular formula is C10H15BrFN3O. The lowest BCUT2D eigenvalue weighted by atomic mass is 10.4. The van der Waals surface area contributed by atoms with Crippen LogP contribution in [0, 0.1) is 5.82 Å². The molecule has 1 aromatic rings. The van der Waals surface area contributed by atoms with E-state index in [0.717, 1.165) is 0 Å². The maximum atomic E-state index is 13.3. The summed E-state index contributed by atoms with van der Waals surface area (Å²) < 4.78 is 13.9. The van der Waals surface area contributed by atoms with Gasteiger partial charge in [-0.1, -0.05) is 0 Å². The van der Waals surface area contributed by atoms with Crippen molar-refractivity contribution < 1.29 is 9.50 Å². The van der Waals surface area contributed by atoms with Gasteiger partial charge in [-0.05, 0) is 28.9 Å².